The molecule has 6 nitrogen and oxygen atoms in total. The maximum atomic E-state index is 13.7. The van der Waals surface area contributed by atoms with Crippen molar-refractivity contribution in [3.63, 3.8) is 0 Å². The Kier molecular flexibility index (Phi) is 9.38. The quantitative estimate of drug-likeness (QED) is 0.179. The lowest BCUT2D eigenvalue weighted by molar-refractivity contribution is -0.122. The average molecular weight is 692 g/mol. The molecule has 1 fully saturated rings. The summed E-state index contributed by atoms with van der Waals surface area (Å²) in [6.45, 7) is 1.10. The largest absolute Gasteiger partial charge is 0.487 e. The van der Waals surface area contributed by atoms with Gasteiger partial charge in [-0.15, -0.1) is 0 Å². The van der Waals surface area contributed by atoms with Crippen LogP contribution in [0.1, 0.15) is 32.6 Å². The number of thioether (sulfide) groups is 1. The Balaban J connectivity index is 1.44. The van der Waals surface area contributed by atoms with Crippen molar-refractivity contribution in [2.45, 2.75) is 19.7 Å². The van der Waals surface area contributed by atoms with Crippen molar-refractivity contribution in [2.75, 3.05) is 0 Å². The van der Waals surface area contributed by atoms with Crippen LogP contribution in [0.25, 0.3) is 6.08 Å². The number of carbonyl (C=O) groups excluding carboxylic acids is 1. The van der Waals surface area contributed by atoms with E-state index in [0.29, 0.717) is 34.5 Å². The number of hydrogen-bond acceptors (Lipinski definition) is 5. The normalized spacial score (nSPS) is 15.1. The summed E-state index contributed by atoms with van der Waals surface area (Å²) < 4.78 is 7.73. The first-order chi connectivity index (χ1) is 19.9. The van der Waals surface area contributed by atoms with Crippen LogP contribution in [0.15, 0.2) is 116 Å². The molecule has 5 rings (SSSR count). The van der Waals surface area contributed by atoms with Crippen LogP contribution in [0.5, 0.6) is 5.75 Å². The number of halogens is 2. The van der Waals surface area contributed by atoms with Gasteiger partial charge in [-0.1, -0.05) is 88.7 Å². The van der Waals surface area contributed by atoms with Crippen LogP contribution in [0.2, 0.25) is 0 Å². The number of aliphatic imine (C=N–C) groups is 1. The molecule has 41 heavy (non-hydrogen) atoms. The molecule has 0 aliphatic carbocycles. The number of benzene rings is 4. The van der Waals surface area contributed by atoms with Crippen LogP contribution in [0.4, 0.5) is 0 Å². The second kappa shape index (κ2) is 13.3. The summed E-state index contributed by atoms with van der Waals surface area (Å²) in [7, 11) is 0. The third kappa shape index (κ3) is 7.35. The van der Waals surface area contributed by atoms with E-state index in [1.165, 1.54) is 11.8 Å². The molecule has 1 aliphatic heterocycles. The minimum Gasteiger partial charge on any atom is -0.487 e. The number of nitrogens with zero attached hydrogens (tertiary/aromatic N) is 2. The van der Waals surface area contributed by atoms with Gasteiger partial charge in [-0.2, -0.15) is 0 Å². The maximum Gasteiger partial charge on any atom is 0.335 e. The van der Waals surface area contributed by atoms with Crippen molar-refractivity contribution >= 4 is 66.7 Å². The number of aromatic carboxylic acids is 1. The van der Waals surface area contributed by atoms with Crippen molar-refractivity contribution in [1.82, 2.24) is 4.90 Å². The molecule has 0 unspecified atom stereocenters. The van der Waals surface area contributed by atoms with Gasteiger partial charge in [0.25, 0.3) is 5.91 Å². The van der Waals surface area contributed by atoms with Gasteiger partial charge in [0, 0.05) is 10.0 Å². The third-order valence-corrected chi connectivity index (χ3v) is 8.31. The summed E-state index contributed by atoms with van der Waals surface area (Å²) in [5, 5.41) is 9.80. The van der Waals surface area contributed by atoms with Crippen LogP contribution < -0.4 is 4.74 Å². The highest BCUT2D eigenvalue weighted by Gasteiger charge is 2.33. The van der Waals surface area contributed by atoms with E-state index in [0.717, 1.165) is 25.6 Å². The fourth-order valence-electron chi connectivity index (χ4n) is 4.15. The standard InChI is InChI=1S/C32H24Br2N2O4S/c33-26-15-25(29(27(34)17-26)40-20-23-11-13-24(14-12-23)31(38)39)16-28-30(37)36(19-22-9-5-2-6-10-22)32(41-28)35-18-21-7-3-1-4-8-21/h1-17H,18-20H2,(H,38,39)/b28-16+,35-32?. The van der Waals surface area contributed by atoms with Gasteiger partial charge >= 0.3 is 5.97 Å². The smallest absolute Gasteiger partial charge is 0.335 e. The Morgan fingerprint density at radius 3 is 2.22 bits per heavy atom. The fraction of sp³-hybridized carbons (Fsp3) is 0.0938. The Hall–Kier alpha value is -3.66. The van der Waals surface area contributed by atoms with E-state index in [9.17, 15) is 9.59 Å². The van der Waals surface area contributed by atoms with Crippen molar-refractivity contribution < 1.29 is 19.4 Å². The van der Waals surface area contributed by atoms with Crippen LogP contribution in [-0.4, -0.2) is 27.1 Å². The minimum atomic E-state index is -0.978. The molecule has 206 valence electrons. The Morgan fingerprint density at radius 2 is 1.56 bits per heavy atom. The van der Waals surface area contributed by atoms with Crippen LogP contribution in [-0.2, 0) is 24.5 Å². The van der Waals surface area contributed by atoms with Gasteiger partial charge in [-0.05, 0) is 74.7 Å². The van der Waals surface area contributed by atoms with Gasteiger partial charge in [0.05, 0.1) is 28.0 Å². The van der Waals surface area contributed by atoms with Crippen molar-refractivity contribution in [3.8, 4) is 5.75 Å². The van der Waals surface area contributed by atoms with Gasteiger partial charge < -0.3 is 9.84 Å². The zero-order chi connectivity index (χ0) is 28.8. The molecule has 0 atom stereocenters. The predicted octanol–water partition coefficient (Wildman–Crippen LogP) is 8.16. The molecule has 1 amide bonds. The Morgan fingerprint density at radius 1 is 0.902 bits per heavy atom. The number of amidine groups is 1. The van der Waals surface area contributed by atoms with E-state index in [2.05, 4.69) is 31.9 Å². The van der Waals surface area contributed by atoms with E-state index in [4.69, 9.17) is 14.8 Å². The highest BCUT2D eigenvalue weighted by Crippen LogP contribution is 2.39. The molecule has 0 saturated carbocycles. The summed E-state index contributed by atoms with van der Waals surface area (Å²) in [6, 6.07) is 30.1. The molecule has 1 N–H and O–H groups in total. The number of carboxylic acid groups (broad SMARTS) is 1. The molecule has 0 spiro atoms. The summed E-state index contributed by atoms with van der Waals surface area (Å²) in [6.07, 6.45) is 1.83. The Labute approximate surface area is 259 Å². The van der Waals surface area contributed by atoms with Gasteiger partial charge in [-0.3, -0.25) is 14.7 Å². The summed E-state index contributed by atoms with van der Waals surface area (Å²) in [4.78, 5) is 32.0. The van der Waals surface area contributed by atoms with Gasteiger partial charge in [0.2, 0.25) is 0 Å². The highest BCUT2D eigenvalue weighted by atomic mass is 79.9. The molecular weight excluding hydrogens is 668 g/mol. The summed E-state index contributed by atoms with van der Waals surface area (Å²) >= 11 is 8.49. The van der Waals surface area contributed by atoms with Crippen LogP contribution in [0.3, 0.4) is 0 Å². The zero-order valence-electron chi connectivity index (χ0n) is 21.7. The SMILES string of the molecule is O=C(O)c1ccc(COc2c(Br)cc(Br)cc2/C=C2/SC(=NCc3ccccc3)N(Cc3ccccc3)C2=O)cc1. The topological polar surface area (TPSA) is 79.2 Å². The van der Waals surface area contributed by atoms with Gasteiger partial charge in [0.1, 0.15) is 12.4 Å². The van der Waals surface area contributed by atoms with Crippen molar-refractivity contribution in [2.24, 2.45) is 4.99 Å². The average Bonchev–Trinajstić information content (AvgIpc) is 3.26. The second-order valence-electron chi connectivity index (χ2n) is 9.17. The molecule has 0 radical (unpaired) electrons. The molecular formula is C32H24Br2N2O4S. The van der Waals surface area contributed by atoms with E-state index in [1.807, 2.05) is 78.9 Å². The Bertz CT molecular complexity index is 1630. The molecule has 0 aromatic heterocycles. The third-order valence-electron chi connectivity index (χ3n) is 6.22. The first-order valence-corrected chi connectivity index (χ1v) is 15.1. The van der Waals surface area contributed by atoms with E-state index >= 15 is 0 Å². The summed E-state index contributed by atoms with van der Waals surface area (Å²) in [5.74, 6) is -0.536. The number of carbonyl (C=O) groups is 2. The lowest BCUT2D eigenvalue weighted by Gasteiger charge is -2.16. The van der Waals surface area contributed by atoms with Crippen LogP contribution in [0, 0.1) is 0 Å². The number of ether oxygens (including phenoxy) is 1. The lowest BCUT2D eigenvalue weighted by Crippen LogP contribution is -2.28. The molecule has 0 bridgehead atoms. The first-order valence-electron chi connectivity index (χ1n) is 12.6. The van der Waals surface area contributed by atoms with E-state index < -0.39 is 5.97 Å². The molecule has 9 heteroatoms. The highest BCUT2D eigenvalue weighted by molar-refractivity contribution is 9.11. The van der Waals surface area contributed by atoms with E-state index in [1.54, 1.807) is 29.2 Å². The van der Waals surface area contributed by atoms with Gasteiger partial charge in [-0.25, -0.2) is 4.79 Å². The number of amides is 1. The molecule has 4 aromatic rings. The number of carboxylic acids is 1. The summed E-state index contributed by atoms with van der Waals surface area (Å²) in [5.41, 5.74) is 3.82. The zero-order valence-corrected chi connectivity index (χ0v) is 25.7. The fourth-order valence-corrected chi connectivity index (χ4v) is 6.49. The number of rotatable bonds is 9. The van der Waals surface area contributed by atoms with E-state index in [-0.39, 0.29) is 18.1 Å². The molecule has 1 heterocycles. The van der Waals surface area contributed by atoms with Gasteiger partial charge in [0.15, 0.2) is 5.17 Å². The first kappa shape index (κ1) is 28.9. The molecule has 4 aromatic carbocycles. The number of hydrogen-bond donors (Lipinski definition) is 1. The minimum absolute atomic E-state index is 0.128. The van der Waals surface area contributed by atoms with Crippen molar-refractivity contribution in [3.05, 3.63) is 139 Å². The van der Waals surface area contributed by atoms with Crippen LogP contribution >= 0.6 is 43.6 Å². The lowest BCUT2D eigenvalue weighted by atomic mass is 10.1. The maximum absolute atomic E-state index is 13.7. The van der Waals surface area contributed by atoms with Crippen molar-refractivity contribution in [1.29, 1.82) is 0 Å². The molecule has 1 aliphatic rings. The molecule has 1 saturated heterocycles. The second-order valence-corrected chi connectivity index (χ2v) is 11.9. The monoisotopic (exact) mass is 690 g/mol. The predicted molar refractivity (Wildman–Crippen MR) is 170 cm³/mol.